The van der Waals surface area contributed by atoms with Crippen LogP contribution in [0.2, 0.25) is 0 Å². The molecule has 1 fully saturated rings. The van der Waals surface area contributed by atoms with Gasteiger partial charge in [-0.15, -0.1) is 11.3 Å². The van der Waals surface area contributed by atoms with Gasteiger partial charge in [0, 0.05) is 22.8 Å². The highest BCUT2D eigenvalue weighted by Gasteiger charge is 2.42. The van der Waals surface area contributed by atoms with E-state index in [1.807, 2.05) is 19.2 Å². The molecule has 2 aromatic heterocycles. The van der Waals surface area contributed by atoms with Crippen LogP contribution >= 0.6 is 11.3 Å². The molecule has 7 heteroatoms. The van der Waals surface area contributed by atoms with Crippen LogP contribution in [0.15, 0.2) is 42.7 Å². The van der Waals surface area contributed by atoms with Gasteiger partial charge in [-0.25, -0.2) is 4.98 Å². The number of nitrogens with one attached hydrogen (secondary N) is 2. The minimum atomic E-state index is -0.668. The monoisotopic (exact) mass is 381 g/mol. The molecule has 1 amide bonds. The van der Waals surface area contributed by atoms with Gasteiger partial charge in [0.2, 0.25) is 0 Å². The zero-order chi connectivity index (χ0) is 18.9. The van der Waals surface area contributed by atoms with Gasteiger partial charge < -0.3 is 5.32 Å². The number of carbonyl (C=O) groups is 1. The van der Waals surface area contributed by atoms with Crippen LogP contribution in [0.5, 0.6) is 0 Å². The highest BCUT2D eigenvalue weighted by Crippen LogP contribution is 2.33. The zero-order valence-electron chi connectivity index (χ0n) is 15.5. The lowest BCUT2D eigenvalue weighted by molar-refractivity contribution is -0.126. The number of piperidine rings is 1. The Morgan fingerprint density at radius 2 is 1.96 bits per heavy atom. The van der Waals surface area contributed by atoms with Crippen LogP contribution in [-0.4, -0.2) is 33.8 Å². The zero-order valence-corrected chi connectivity index (χ0v) is 16.3. The molecule has 0 atom stereocenters. The van der Waals surface area contributed by atoms with E-state index in [4.69, 9.17) is 4.98 Å². The van der Waals surface area contributed by atoms with Crippen molar-refractivity contribution in [1.82, 2.24) is 20.1 Å². The number of aryl methyl sites for hydroxylation is 2. The van der Waals surface area contributed by atoms with Gasteiger partial charge in [0.15, 0.2) is 5.13 Å². The quantitative estimate of drug-likeness (QED) is 0.727. The van der Waals surface area contributed by atoms with Gasteiger partial charge >= 0.3 is 0 Å². The molecular formula is C20H23N5OS. The van der Waals surface area contributed by atoms with Crippen molar-refractivity contribution in [2.75, 3.05) is 18.4 Å². The van der Waals surface area contributed by atoms with Crippen LogP contribution < -0.4 is 10.6 Å². The topological polar surface area (TPSA) is 71.8 Å². The van der Waals surface area contributed by atoms with Crippen molar-refractivity contribution >= 4 is 22.4 Å². The van der Waals surface area contributed by atoms with Gasteiger partial charge in [-0.2, -0.15) is 5.10 Å². The first kappa shape index (κ1) is 17.9. The molecule has 0 spiro atoms. The lowest BCUT2D eigenvalue weighted by Crippen LogP contribution is -2.52. The second kappa shape index (κ2) is 7.25. The summed E-state index contributed by atoms with van der Waals surface area (Å²) in [5.74, 6) is -0.0445. The van der Waals surface area contributed by atoms with Crippen LogP contribution in [0.4, 0.5) is 5.13 Å². The van der Waals surface area contributed by atoms with E-state index in [-0.39, 0.29) is 5.91 Å². The van der Waals surface area contributed by atoms with Crippen molar-refractivity contribution in [3.05, 3.63) is 53.2 Å². The first-order valence-electron chi connectivity index (χ1n) is 9.15. The highest BCUT2D eigenvalue weighted by atomic mass is 32.1. The summed E-state index contributed by atoms with van der Waals surface area (Å²) in [6, 6.07) is 10.2. The van der Waals surface area contributed by atoms with Crippen molar-refractivity contribution in [3.63, 3.8) is 0 Å². The summed E-state index contributed by atoms with van der Waals surface area (Å²) in [6.45, 7) is 5.69. The molecule has 1 aliphatic rings. The Labute approximate surface area is 162 Å². The molecule has 0 unspecified atom stereocenters. The van der Waals surface area contributed by atoms with Crippen LogP contribution in [0, 0.1) is 13.8 Å². The predicted octanol–water partition coefficient (Wildman–Crippen LogP) is 3.34. The molecule has 2 N–H and O–H groups in total. The second-order valence-electron chi connectivity index (χ2n) is 6.98. The molecule has 3 heterocycles. The van der Waals surface area contributed by atoms with E-state index < -0.39 is 5.54 Å². The Bertz CT molecular complexity index is 924. The average Bonchev–Trinajstić information content (AvgIpc) is 3.33. The van der Waals surface area contributed by atoms with E-state index in [1.54, 1.807) is 10.9 Å². The van der Waals surface area contributed by atoms with Crippen molar-refractivity contribution in [2.45, 2.75) is 32.2 Å². The number of carbonyl (C=O) groups excluding carboxylic acids is 1. The number of thiazole rings is 1. The van der Waals surface area contributed by atoms with Crippen molar-refractivity contribution in [2.24, 2.45) is 0 Å². The fourth-order valence-corrected chi connectivity index (χ4v) is 4.40. The molecule has 0 radical (unpaired) electrons. The predicted molar refractivity (Wildman–Crippen MR) is 108 cm³/mol. The lowest BCUT2D eigenvalue weighted by atomic mass is 9.87. The number of nitrogens with zero attached hydrogens (tertiary/aromatic N) is 3. The van der Waals surface area contributed by atoms with Crippen LogP contribution in [0.3, 0.4) is 0 Å². The molecular weight excluding hydrogens is 358 g/mol. The third-order valence-electron chi connectivity index (χ3n) is 5.14. The number of rotatable bonds is 4. The number of aromatic nitrogens is 3. The molecule has 1 saturated heterocycles. The minimum Gasteiger partial charge on any atom is -0.317 e. The number of amides is 1. The summed E-state index contributed by atoms with van der Waals surface area (Å²) in [5.41, 5.74) is 2.54. The van der Waals surface area contributed by atoms with E-state index in [9.17, 15) is 4.79 Å². The van der Waals surface area contributed by atoms with Crippen molar-refractivity contribution in [3.8, 4) is 11.3 Å². The molecule has 0 aliphatic carbocycles. The molecule has 140 valence electrons. The molecule has 1 aliphatic heterocycles. The largest absolute Gasteiger partial charge is 0.317 e. The van der Waals surface area contributed by atoms with Gasteiger partial charge in [0.05, 0.1) is 5.69 Å². The van der Waals surface area contributed by atoms with E-state index in [1.165, 1.54) is 16.9 Å². The van der Waals surface area contributed by atoms with Crippen LogP contribution in [-0.2, 0) is 10.3 Å². The maximum absolute atomic E-state index is 13.3. The second-order valence-corrected chi connectivity index (χ2v) is 8.18. The molecule has 27 heavy (non-hydrogen) atoms. The van der Waals surface area contributed by atoms with Gasteiger partial charge in [-0.05, 0) is 45.8 Å². The SMILES string of the molecule is Cc1ccc(-c2nc(NC(=O)C3(n4cccn4)CCNCC3)sc2C)cc1. The standard InChI is InChI=1S/C20H23N5OS/c1-14-4-6-16(7-5-14)17-15(2)27-19(23-17)24-18(26)20(8-11-21-12-9-20)25-13-3-10-22-25/h3-7,10,13,21H,8-9,11-12H2,1-2H3,(H,23,24,26). The normalized spacial score (nSPS) is 16.2. The smallest absolute Gasteiger partial charge is 0.254 e. The summed E-state index contributed by atoms with van der Waals surface area (Å²) in [7, 11) is 0. The van der Waals surface area contributed by atoms with Crippen LogP contribution in [0.1, 0.15) is 23.3 Å². The number of hydrogen-bond acceptors (Lipinski definition) is 5. The number of anilines is 1. The fourth-order valence-electron chi connectivity index (χ4n) is 3.57. The summed E-state index contributed by atoms with van der Waals surface area (Å²) < 4.78 is 1.80. The number of benzene rings is 1. The van der Waals surface area contributed by atoms with Gasteiger partial charge in [-0.1, -0.05) is 29.8 Å². The van der Waals surface area contributed by atoms with Gasteiger partial charge in [0.25, 0.3) is 5.91 Å². The molecule has 0 bridgehead atoms. The Balaban J connectivity index is 1.60. The minimum absolute atomic E-state index is 0.0445. The first-order chi connectivity index (χ1) is 13.1. The summed E-state index contributed by atoms with van der Waals surface area (Å²) in [4.78, 5) is 19.0. The molecule has 3 aromatic rings. The number of hydrogen-bond donors (Lipinski definition) is 2. The highest BCUT2D eigenvalue weighted by molar-refractivity contribution is 7.16. The Morgan fingerprint density at radius 1 is 1.22 bits per heavy atom. The van der Waals surface area contributed by atoms with Gasteiger partial charge in [0.1, 0.15) is 5.54 Å². The Kier molecular flexibility index (Phi) is 4.80. The van der Waals surface area contributed by atoms with Crippen molar-refractivity contribution < 1.29 is 4.79 Å². The molecule has 0 saturated carbocycles. The average molecular weight is 382 g/mol. The van der Waals surface area contributed by atoms with Crippen molar-refractivity contribution in [1.29, 1.82) is 0 Å². The van der Waals surface area contributed by atoms with E-state index in [0.717, 1.165) is 29.2 Å². The van der Waals surface area contributed by atoms with Gasteiger partial charge in [-0.3, -0.25) is 14.8 Å². The summed E-state index contributed by atoms with van der Waals surface area (Å²) in [6.07, 6.45) is 5.00. The maximum atomic E-state index is 13.3. The maximum Gasteiger partial charge on any atom is 0.254 e. The molecule has 6 nitrogen and oxygen atoms in total. The Hall–Kier alpha value is -2.51. The summed E-state index contributed by atoms with van der Waals surface area (Å²) >= 11 is 1.51. The van der Waals surface area contributed by atoms with E-state index in [0.29, 0.717) is 18.0 Å². The third-order valence-corrected chi connectivity index (χ3v) is 6.02. The van der Waals surface area contributed by atoms with E-state index >= 15 is 0 Å². The van der Waals surface area contributed by atoms with E-state index in [2.05, 4.69) is 46.9 Å². The molecule has 4 rings (SSSR count). The molecule has 1 aromatic carbocycles. The summed E-state index contributed by atoms with van der Waals surface area (Å²) in [5, 5.41) is 11.4. The first-order valence-corrected chi connectivity index (χ1v) is 9.97. The third kappa shape index (κ3) is 3.40. The Morgan fingerprint density at radius 3 is 2.63 bits per heavy atom. The lowest BCUT2D eigenvalue weighted by Gasteiger charge is -2.36. The fraction of sp³-hybridized carbons (Fsp3) is 0.350. The van der Waals surface area contributed by atoms with Crippen LogP contribution in [0.25, 0.3) is 11.3 Å².